The van der Waals surface area contributed by atoms with Gasteiger partial charge in [-0.15, -0.1) is 0 Å². The van der Waals surface area contributed by atoms with E-state index >= 15 is 0 Å². The second-order valence-electron chi connectivity index (χ2n) is 5.04. The maximum atomic E-state index is 10.4. The molecule has 0 saturated heterocycles. The molecule has 0 aliphatic carbocycles. The van der Waals surface area contributed by atoms with Crippen LogP contribution in [0, 0.1) is 6.92 Å². The number of aliphatic hydroxyl groups is 1. The molecule has 0 bridgehead atoms. The highest BCUT2D eigenvalue weighted by Crippen LogP contribution is 2.23. The van der Waals surface area contributed by atoms with Gasteiger partial charge in [0, 0.05) is 18.8 Å². The first-order valence-electron chi connectivity index (χ1n) is 6.42. The quantitative estimate of drug-likeness (QED) is 0.867. The molecule has 2 aromatic heterocycles. The fraction of sp³-hybridized carbons (Fsp3) is 0.400. The maximum absolute atomic E-state index is 10.4. The predicted octanol–water partition coefficient (Wildman–Crippen LogP) is 2.54. The fourth-order valence-corrected chi connectivity index (χ4v) is 1.90. The molecule has 0 saturated carbocycles. The van der Waals surface area contributed by atoms with E-state index in [1.165, 1.54) is 0 Å². The van der Waals surface area contributed by atoms with Gasteiger partial charge in [-0.1, -0.05) is 6.07 Å². The van der Waals surface area contributed by atoms with Crippen LogP contribution >= 0.6 is 0 Å². The average Bonchev–Trinajstić information content (AvgIpc) is 2.85. The number of furan rings is 1. The van der Waals surface area contributed by atoms with Gasteiger partial charge in [-0.2, -0.15) is 0 Å². The lowest BCUT2D eigenvalue weighted by molar-refractivity contribution is 0.0311. The monoisotopic (exact) mass is 260 g/mol. The molecule has 4 heteroatoms. The largest absolute Gasteiger partial charge is 0.463 e. The third-order valence-corrected chi connectivity index (χ3v) is 3.16. The SMILES string of the molecule is Cc1ccc(C(C)(O)CNC(C)c2ccccn2)o1. The van der Waals surface area contributed by atoms with Gasteiger partial charge in [-0.3, -0.25) is 4.98 Å². The Morgan fingerprint density at radius 2 is 2.16 bits per heavy atom. The first kappa shape index (κ1) is 13.8. The summed E-state index contributed by atoms with van der Waals surface area (Å²) in [5, 5.41) is 13.7. The predicted molar refractivity (Wildman–Crippen MR) is 73.7 cm³/mol. The number of rotatable bonds is 5. The summed E-state index contributed by atoms with van der Waals surface area (Å²) in [6, 6.07) is 9.54. The van der Waals surface area contributed by atoms with E-state index < -0.39 is 5.60 Å². The standard InChI is InChI=1S/C15H20N2O2/c1-11-7-8-14(19-11)15(3,18)10-17-12(2)13-6-4-5-9-16-13/h4-9,12,17-18H,10H2,1-3H3. The Morgan fingerprint density at radius 3 is 2.74 bits per heavy atom. The lowest BCUT2D eigenvalue weighted by atomic mass is 10.0. The van der Waals surface area contributed by atoms with E-state index in [1.54, 1.807) is 13.1 Å². The Labute approximate surface area is 113 Å². The molecule has 0 radical (unpaired) electrons. The van der Waals surface area contributed by atoms with Crippen molar-refractivity contribution in [3.05, 3.63) is 53.7 Å². The van der Waals surface area contributed by atoms with E-state index in [0.29, 0.717) is 12.3 Å². The van der Waals surface area contributed by atoms with Gasteiger partial charge in [0.05, 0.1) is 5.69 Å². The molecule has 0 fully saturated rings. The molecule has 4 nitrogen and oxygen atoms in total. The van der Waals surface area contributed by atoms with Gasteiger partial charge >= 0.3 is 0 Å². The minimum absolute atomic E-state index is 0.0729. The van der Waals surface area contributed by atoms with E-state index in [1.807, 2.05) is 44.2 Å². The lowest BCUT2D eigenvalue weighted by Crippen LogP contribution is -2.36. The van der Waals surface area contributed by atoms with Crippen molar-refractivity contribution in [2.75, 3.05) is 6.54 Å². The van der Waals surface area contributed by atoms with Crippen LogP contribution in [0.25, 0.3) is 0 Å². The molecule has 2 rings (SSSR count). The molecule has 0 amide bonds. The smallest absolute Gasteiger partial charge is 0.136 e. The molecule has 2 heterocycles. The molecule has 0 aliphatic rings. The van der Waals surface area contributed by atoms with E-state index in [0.717, 1.165) is 11.5 Å². The second-order valence-corrected chi connectivity index (χ2v) is 5.04. The lowest BCUT2D eigenvalue weighted by Gasteiger charge is -2.24. The van der Waals surface area contributed by atoms with Crippen LogP contribution in [0.5, 0.6) is 0 Å². The van der Waals surface area contributed by atoms with Crippen molar-refractivity contribution < 1.29 is 9.52 Å². The molecule has 2 unspecified atom stereocenters. The molecule has 102 valence electrons. The van der Waals surface area contributed by atoms with Crippen molar-refractivity contribution in [2.24, 2.45) is 0 Å². The average molecular weight is 260 g/mol. The van der Waals surface area contributed by atoms with Gasteiger partial charge in [-0.25, -0.2) is 0 Å². The van der Waals surface area contributed by atoms with Crippen molar-refractivity contribution in [3.63, 3.8) is 0 Å². The summed E-state index contributed by atoms with van der Waals surface area (Å²) in [4.78, 5) is 4.29. The van der Waals surface area contributed by atoms with Crippen LogP contribution in [0.4, 0.5) is 0 Å². The number of nitrogens with zero attached hydrogens (tertiary/aromatic N) is 1. The number of pyridine rings is 1. The number of nitrogens with one attached hydrogen (secondary N) is 1. The summed E-state index contributed by atoms with van der Waals surface area (Å²) in [6.07, 6.45) is 1.77. The van der Waals surface area contributed by atoms with Crippen molar-refractivity contribution in [1.82, 2.24) is 10.3 Å². The summed E-state index contributed by atoms with van der Waals surface area (Å²) in [5.41, 5.74) is -0.0777. The van der Waals surface area contributed by atoms with Crippen molar-refractivity contribution in [2.45, 2.75) is 32.4 Å². The van der Waals surface area contributed by atoms with Gasteiger partial charge in [0.25, 0.3) is 0 Å². The van der Waals surface area contributed by atoms with Crippen LogP contribution in [-0.2, 0) is 5.60 Å². The minimum atomic E-state index is -1.03. The third-order valence-electron chi connectivity index (χ3n) is 3.16. The van der Waals surface area contributed by atoms with Crippen molar-refractivity contribution in [1.29, 1.82) is 0 Å². The summed E-state index contributed by atoms with van der Waals surface area (Å²) < 4.78 is 5.48. The van der Waals surface area contributed by atoms with Gasteiger partial charge in [0.1, 0.15) is 17.1 Å². The van der Waals surface area contributed by atoms with Crippen LogP contribution < -0.4 is 5.32 Å². The molecule has 0 spiro atoms. The van der Waals surface area contributed by atoms with Gasteiger partial charge < -0.3 is 14.8 Å². The molecule has 2 aromatic rings. The highest BCUT2D eigenvalue weighted by Gasteiger charge is 2.27. The third kappa shape index (κ3) is 3.43. The fourth-order valence-electron chi connectivity index (χ4n) is 1.90. The van der Waals surface area contributed by atoms with Gasteiger partial charge in [-0.05, 0) is 45.0 Å². The molecule has 19 heavy (non-hydrogen) atoms. The maximum Gasteiger partial charge on any atom is 0.136 e. The Hall–Kier alpha value is -1.65. The number of hydrogen-bond acceptors (Lipinski definition) is 4. The topological polar surface area (TPSA) is 58.3 Å². The summed E-state index contributed by atoms with van der Waals surface area (Å²) in [7, 11) is 0. The normalized spacial score (nSPS) is 16.0. The van der Waals surface area contributed by atoms with Gasteiger partial charge in [0.15, 0.2) is 0 Å². The van der Waals surface area contributed by atoms with Crippen LogP contribution in [0.3, 0.4) is 0 Å². The van der Waals surface area contributed by atoms with Crippen LogP contribution in [0.2, 0.25) is 0 Å². The second kappa shape index (κ2) is 5.55. The molecular weight excluding hydrogens is 240 g/mol. The van der Waals surface area contributed by atoms with Crippen LogP contribution in [0.1, 0.15) is 37.1 Å². The minimum Gasteiger partial charge on any atom is -0.463 e. The van der Waals surface area contributed by atoms with Crippen LogP contribution in [-0.4, -0.2) is 16.6 Å². The van der Waals surface area contributed by atoms with Crippen LogP contribution in [0.15, 0.2) is 40.9 Å². The zero-order valence-corrected chi connectivity index (χ0v) is 11.6. The summed E-state index contributed by atoms with van der Waals surface area (Å²) in [6.45, 7) is 6.02. The van der Waals surface area contributed by atoms with E-state index in [9.17, 15) is 5.11 Å². The van der Waals surface area contributed by atoms with Crippen molar-refractivity contribution in [3.8, 4) is 0 Å². The Kier molecular flexibility index (Phi) is 4.02. The van der Waals surface area contributed by atoms with E-state index in [4.69, 9.17) is 4.42 Å². The zero-order valence-electron chi connectivity index (χ0n) is 11.6. The highest BCUT2D eigenvalue weighted by molar-refractivity contribution is 5.13. The Morgan fingerprint density at radius 1 is 1.37 bits per heavy atom. The zero-order chi connectivity index (χ0) is 13.9. The summed E-state index contributed by atoms with van der Waals surface area (Å²) in [5.74, 6) is 1.37. The summed E-state index contributed by atoms with van der Waals surface area (Å²) >= 11 is 0. The first-order valence-corrected chi connectivity index (χ1v) is 6.42. The Balaban J connectivity index is 1.98. The first-order chi connectivity index (χ1) is 8.99. The number of aryl methyl sites for hydroxylation is 1. The molecular formula is C15H20N2O2. The highest BCUT2D eigenvalue weighted by atomic mass is 16.4. The molecule has 2 N–H and O–H groups in total. The van der Waals surface area contributed by atoms with E-state index in [-0.39, 0.29) is 6.04 Å². The molecule has 0 aliphatic heterocycles. The van der Waals surface area contributed by atoms with Gasteiger partial charge in [0.2, 0.25) is 0 Å². The Bertz CT molecular complexity index is 520. The number of hydrogen-bond donors (Lipinski definition) is 2. The van der Waals surface area contributed by atoms with E-state index in [2.05, 4.69) is 10.3 Å². The van der Waals surface area contributed by atoms with Crippen molar-refractivity contribution >= 4 is 0 Å². The number of aromatic nitrogens is 1. The molecule has 0 aromatic carbocycles. The molecule has 2 atom stereocenters.